The number of hydrogen-bond acceptors (Lipinski definition) is 4. The molecule has 1 saturated carbocycles. The van der Waals surface area contributed by atoms with Crippen LogP contribution in [-0.2, 0) is 26.2 Å². The second-order valence-corrected chi connectivity index (χ2v) is 12.9. The molecule has 1 aliphatic carbocycles. The minimum Gasteiger partial charge on any atom is -0.352 e. The number of carbonyl (C=O) groups excluding carboxylic acids is 2. The molecule has 7 nitrogen and oxygen atoms in total. The third kappa shape index (κ3) is 8.01. The molecule has 0 aromatic heterocycles. The molecule has 1 atom stereocenters. The number of benzene rings is 2. The van der Waals surface area contributed by atoms with Crippen LogP contribution >= 0.6 is 34.8 Å². The van der Waals surface area contributed by atoms with E-state index in [1.165, 1.54) is 11.0 Å². The monoisotopic (exact) mass is 601 g/mol. The highest BCUT2D eigenvalue weighted by Gasteiger charge is 2.33. The Bertz CT molecular complexity index is 1270. The number of aryl methyl sites for hydroxylation is 1. The molecule has 0 heterocycles. The van der Waals surface area contributed by atoms with Crippen molar-refractivity contribution in [1.29, 1.82) is 0 Å². The van der Waals surface area contributed by atoms with Crippen LogP contribution in [0.1, 0.15) is 56.6 Å². The molecule has 0 bridgehead atoms. The first-order valence-corrected chi connectivity index (χ1v) is 15.7. The third-order valence-electron chi connectivity index (χ3n) is 6.80. The molecule has 0 saturated heterocycles. The molecule has 0 radical (unpaired) electrons. The van der Waals surface area contributed by atoms with Gasteiger partial charge in [0.2, 0.25) is 21.8 Å². The average molecular weight is 603 g/mol. The van der Waals surface area contributed by atoms with E-state index in [1.807, 2.05) is 6.92 Å². The van der Waals surface area contributed by atoms with E-state index in [4.69, 9.17) is 34.8 Å². The second kappa shape index (κ2) is 13.4. The van der Waals surface area contributed by atoms with E-state index in [9.17, 15) is 18.0 Å². The van der Waals surface area contributed by atoms with Crippen LogP contribution in [0, 0.1) is 6.92 Å². The SMILES string of the molecule is CCC(C(=O)NC1CCCCC1)N(Cc1ccc(Cl)c(Cl)c1)C(=O)CN(c1ccc(C)c(Cl)c1)S(C)(=O)=O. The molecule has 38 heavy (non-hydrogen) atoms. The molecular formula is C27H34Cl3N3O4S. The molecule has 11 heteroatoms. The van der Waals surface area contributed by atoms with Gasteiger partial charge in [-0.15, -0.1) is 0 Å². The van der Waals surface area contributed by atoms with E-state index in [0.717, 1.165) is 48.2 Å². The van der Waals surface area contributed by atoms with E-state index in [-0.39, 0.29) is 24.2 Å². The molecule has 0 spiro atoms. The summed E-state index contributed by atoms with van der Waals surface area (Å²) in [7, 11) is -3.85. The lowest BCUT2D eigenvalue weighted by Gasteiger charge is -2.34. The van der Waals surface area contributed by atoms with Crippen molar-refractivity contribution in [3.8, 4) is 0 Å². The van der Waals surface area contributed by atoms with Gasteiger partial charge in [0.25, 0.3) is 0 Å². The first-order valence-electron chi connectivity index (χ1n) is 12.7. The normalized spacial score (nSPS) is 15.1. The zero-order valence-electron chi connectivity index (χ0n) is 21.8. The van der Waals surface area contributed by atoms with E-state index in [1.54, 1.807) is 37.3 Å². The zero-order valence-corrected chi connectivity index (χ0v) is 24.9. The van der Waals surface area contributed by atoms with Crippen molar-refractivity contribution < 1.29 is 18.0 Å². The largest absolute Gasteiger partial charge is 0.352 e. The quantitative estimate of drug-likeness (QED) is 0.363. The summed E-state index contributed by atoms with van der Waals surface area (Å²) in [5, 5.41) is 4.19. The van der Waals surface area contributed by atoms with Crippen molar-refractivity contribution in [2.45, 2.75) is 71.0 Å². The molecule has 2 amide bonds. The van der Waals surface area contributed by atoms with Crippen molar-refractivity contribution >= 4 is 62.3 Å². The van der Waals surface area contributed by atoms with Crippen LogP contribution < -0.4 is 9.62 Å². The number of amides is 2. The molecule has 208 valence electrons. The van der Waals surface area contributed by atoms with Crippen LogP contribution in [-0.4, -0.2) is 50.0 Å². The van der Waals surface area contributed by atoms with Gasteiger partial charge in [-0.3, -0.25) is 13.9 Å². The number of halogens is 3. The summed E-state index contributed by atoms with van der Waals surface area (Å²) in [5.74, 6) is -0.777. The fourth-order valence-corrected chi connectivity index (χ4v) is 5.99. The van der Waals surface area contributed by atoms with Crippen molar-refractivity contribution in [2.24, 2.45) is 0 Å². The minimum absolute atomic E-state index is 0.0541. The zero-order chi connectivity index (χ0) is 28.0. The maximum Gasteiger partial charge on any atom is 0.244 e. The number of nitrogens with zero attached hydrogens (tertiary/aromatic N) is 2. The maximum atomic E-state index is 13.8. The Morgan fingerprint density at radius 1 is 1.00 bits per heavy atom. The van der Waals surface area contributed by atoms with E-state index >= 15 is 0 Å². The summed E-state index contributed by atoms with van der Waals surface area (Å²) in [4.78, 5) is 28.7. The van der Waals surface area contributed by atoms with Gasteiger partial charge in [0.05, 0.1) is 22.0 Å². The van der Waals surface area contributed by atoms with Crippen molar-refractivity contribution in [2.75, 3.05) is 17.1 Å². The second-order valence-electron chi connectivity index (χ2n) is 9.74. The fourth-order valence-electron chi connectivity index (χ4n) is 4.65. The fraction of sp³-hybridized carbons (Fsp3) is 0.481. The van der Waals surface area contributed by atoms with Gasteiger partial charge < -0.3 is 10.2 Å². The Balaban J connectivity index is 1.94. The predicted octanol–water partition coefficient (Wildman–Crippen LogP) is 5.98. The number of anilines is 1. The van der Waals surface area contributed by atoms with Gasteiger partial charge in [0.15, 0.2) is 0 Å². The summed E-state index contributed by atoms with van der Waals surface area (Å²) < 4.78 is 26.5. The van der Waals surface area contributed by atoms with Gasteiger partial charge in [-0.25, -0.2) is 8.42 Å². The molecule has 1 fully saturated rings. The van der Waals surface area contributed by atoms with Crippen LogP contribution in [0.4, 0.5) is 5.69 Å². The first-order chi connectivity index (χ1) is 17.9. The van der Waals surface area contributed by atoms with Gasteiger partial charge in [0.1, 0.15) is 12.6 Å². The summed E-state index contributed by atoms with van der Waals surface area (Å²) in [6, 6.07) is 9.07. The van der Waals surface area contributed by atoms with Gasteiger partial charge in [-0.05, 0) is 61.6 Å². The highest BCUT2D eigenvalue weighted by atomic mass is 35.5. The predicted molar refractivity (Wildman–Crippen MR) is 154 cm³/mol. The highest BCUT2D eigenvalue weighted by Crippen LogP contribution is 2.27. The molecular weight excluding hydrogens is 569 g/mol. The molecule has 1 N–H and O–H groups in total. The molecule has 1 aliphatic rings. The standard InChI is InChI=1S/C27H34Cl3N3O4S/c1-4-25(27(35)31-20-8-6-5-7-9-20)32(16-19-11-13-22(28)24(30)14-19)26(34)17-33(38(3,36)37)21-12-10-18(2)23(29)15-21/h10-15,20,25H,4-9,16-17H2,1-3H3,(H,31,35). The number of nitrogens with one attached hydrogen (secondary N) is 1. The van der Waals surface area contributed by atoms with Crippen LogP contribution in [0.25, 0.3) is 0 Å². The van der Waals surface area contributed by atoms with Crippen molar-refractivity contribution in [3.05, 3.63) is 62.6 Å². The van der Waals surface area contributed by atoms with Crippen LogP contribution in [0.15, 0.2) is 36.4 Å². The van der Waals surface area contributed by atoms with E-state index in [0.29, 0.717) is 27.1 Å². The summed E-state index contributed by atoms with van der Waals surface area (Å²) in [6.45, 7) is 3.19. The Morgan fingerprint density at radius 2 is 1.68 bits per heavy atom. The topological polar surface area (TPSA) is 86.8 Å². The summed E-state index contributed by atoms with van der Waals surface area (Å²) in [5.41, 5.74) is 1.72. The van der Waals surface area contributed by atoms with Crippen molar-refractivity contribution in [1.82, 2.24) is 10.2 Å². The average Bonchev–Trinajstić information content (AvgIpc) is 2.86. The lowest BCUT2D eigenvalue weighted by molar-refractivity contribution is -0.140. The molecule has 2 aromatic carbocycles. The Labute approximate surface area is 240 Å². The van der Waals surface area contributed by atoms with Gasteiger partial charge in [-0.2, -0.15) is 0 Å². The minimum atomic E-state index is -3.85. The van der Waals surface area contributed by atoms with Gasteiger partial charge >= 0.3 is 0 Å². The lowest BCUT2D eigenvalue weighted by atomic mass is 9.95. The van der Waals surface area contributed by atoms with E-state index in [2.05, 4.69) is 5.32 Å². The van der Waals surface area contributed by atoms with Crippen LogP contribution in [0.5, 0.6) is 0 Å². The molecule has 2 aromatic rings. The van der Waals surface area contributed by atoms with Crippen LogP contribution in [0.2, 0.25) is 15.1 Å². The Morgan fingerprint density at radius 3 is 2.26 bits per heavy atom. The van der Waals surface area contributed by atoms with Gasteiger partial charge in [-0.1, -0.05) is 73.1 Å². The highest BCUT2D eigenvalue weighted by molar-refractivity contribution is 7.92. The molecule has 3 rings (SSSR count). The van der Waals surface area contributed by atoms with Gasteiger partial charge in [0, 0.05) is 17.6 Å². The third-order valence-corrected chi connectivity index (χ3v) is 9.08. The maximum absolute atomic E-state index is 13.8. The van der Waals surface area contributed by atoms with Crippen molar-refractivity contribution in [3.63, 3.8) is 0 Å². The van der Waals surface area contributed by atoms with Crippen LogP contribution in [0.3, 0.4) is 0 Å². The molecule has 1 unspecified atom stereocenters. The summed E-state index contributed by atoms with van der Waals surface area (Å²) >= 11 is 18.6. The Hall–Kier alpha value is -2.00. The van der Waals surface area contributed by atoms with E-state index < -0.39 is 28.5 Å². The summed E-state index contributed by atoms with van der Waals surface area (Å²) in [6.07, 6.45) is 6.44. The first kappa shape index (κ1) is 30.5. The number of sulfonamides is 1. The Kier molecular flexibility index (Phi) is 10.7. The molecule has 0 aliphatic heterocycles. The number of hydrogen-bond donors (Lipinski definition) is 1. The number of rotatable bonds is 10. The lowest BCUT2D eigenvalue weighted by Crippen LogP contribution is -2.53. The number of carbonyl (C=O) groups is 2. The smallest absolute Gasteiger partial charge is 0.244 e.